The highest BCUT2D eigenvalue weighted by Crippen LogP contribution is 2.57. The summed E-state index contributed by atoms with van der Waals surface area (Å²) in [5, 5.41) is 11.6. The van der Waals surface area contributed by atoms with Gasteiger partial charge >= 0.3 is 5.69 Å². The molecule has 8 heteroatoms. The van der Waals surface area contributed by atoms with Crippen molar-refractivity contribution >= 4 is 17.5 Å². The van der Waals surface area contributed by atoms with Crippen molar-refractivity contribution in [3.05, 3.63) is 57.4 Å². The lowest BCUT2D eigenvalue weighted by Crippen LogP contribution is -2.58. The summed E-state index contributed by atoms with van der Waals surface area (Å²) in [7, 11) is 4.54. The summed E-state index contributed by atoms with van der Waals surface area (Å²) in [5.74, 6) is 0.133. The second-order valence-electron chi connectivity index (χ2n) is 7.58. The monoisotopic (exact) mass is 400 g/mol. The highest BCUT2D eigenvalue weighted by molar-refractivity contribution is 5.79. The Kier molecular flexibility index (Phi) is 4.01. The maximum Gasteiger partial charge on any atom is 0.353 e. The van der Waals surface area contributed by atoms with E-state index in [0.717, 1.165) is 5.69 Å². The van der Waals surface area contributed by atoms with E-state index in [9.17, 15) is 14.5 Å². The van der Waals surface area contributed by atoms with Gasteiger partial charge in [0.25, 0.3) is 0 Å². The third-order valence-corrected chi connectivity index (χ3v) is 5.94. The smallest absolute Gasteiger partial charge is 0.353 e. The van der Waals surface area contributed by atoms with Gasteiger partial charge in [0.15, 0.2) is 0 Å². The molecule has 0 bridgehead atoms. The lowest BCUT2D eigenvalue weighted by atomic mass is 9.76. The first kappa shape index (κ1) is 19.0. The molecule has 1 spiro atoms. The maximum absolute atomic E-state index is 14.8. The first-order valence-electron chi connectivity index (χ1n) is 9.04. The fourth-order valence-corrected chi connectivity index (χ4v) is 4.50. The summed E-state index contributed by atoms with van der Waals surface area (Å²) in [6.45, 7) is 3.82. The molecule has 0 aliphatic carbocycles. The third kappa shape index (κ3) is 2.28. The number of fused-ring (bicyclic) bond motifs is 2. The number of hydrogen-bond donors (Lipinski definition) is 0. The lowest BCUT2D eigenvalue weighted by Gasteiger charge is -2.45. The number of nitrogens with zero attached hydrogens (tertiary/aromatic N) is 2. The molecule has 0 aromatic heterocycles. The zero-order chi connectivity index (χ0) is 21.1. The van der Waals surface area contributed by atoms with Crippen molar-refractivity contribution < 1.29 is 23.5 Å². The van der Waals surface area contributed by atoms with Crippen molar-refractivity contribution in [1.29, 1.82) is 0 Å². The molecule has 0 saturated carbocycles. The lowest BCUT2D eigenvalue weighted by molar-refractivity contribution is -0.386. The van der Waals surface area contributed by atoms with E-state index in [2.05, 4.69) is 0 Å². The van der Waals surface area contributed by atoms with Crippen LogP contribution in [0.3, 0.4) is 0 Å². The summed E-state index contributed by atoms with van der Waals surface area (Å²) in [5.41, 5.74) is -0.340. The van der Waals surface area contributed by atoms with Crippen LogP contribution in [0.1, 0.15) is 25.0 Å². The fourth-order valence-electron chi connectivity index (χ4n) is 4.50. The van der Waals surface area contributed by atoms with Crippen molar-refractivity contribution in [2.24, 2.45) is 0 Å². The predicted octanol–water partition coefficient (Wildman–Crippen LogP) is 4.28. The Bertz CT molecular complexity index is 1070. The molecule has 7 nitrogen and oxygen atoms in total. The van der Waals surface area contributed by atoms with E-state index in [4.69, 9.17) is 14.2 Å². The normalized spacial score (nSPS) is 20.8. The highest BCUT2D eigenvalue weighted by atomic mass is 19.1. The van der Waals surface area contributed by atoms with E-state index in [0.29, 0.717) is 16.9 Å². The minimum absolute atomic E-state index is 0.0261. The van der Waals surface area contributed by atoms with Crippen LogP contribution in [0.5, 0.6) is 17.2 Å². The number of hydrogen-bond acceptors (Lipinski definition) is 6. The van der Waals surface area contributed by atoms with E-state index in [1.807, 2.05) is 31.9 Å². The van der Waals surface area contributed by atoms with Gasteiger partial charge in [0.05, 0.1) is 30.1 Å². The van der Waals surface area contributed by atoms with Gasteiger partial charge in [0, 0.05) is 24.4 Å². The quantitative estimate of drug-likeness (QED) is 0.566. The number of nitro benzene ring substituents is 1. The van der Waals surface area contributed by atoms with Gasteiger partial charge < -0.3 is 19.1 Å². The van der Waals surface area contributed by atoms with E-state index >= 15 is 0 Å². The Morgan fingerprint density at radius 3 is 2.55 bits per heavy atom. The molecule has 0 N–H and O–H groups in total. The summed E-state index contributed by atoms with van der Waals surface area (Å²) < 4.78 is 31.8. The predicted molar refractivity (Wildman–Crippen MR) is 106 cm³/mol. The molecule has 1 unspecified atom stereocenters. The largest absolute Gasteiger partial charge is 0.490 e. The molecule has 29 heavy (non-hydrogen) atoms. The van der Waals surface area contributed by atoms with E-state index in [1.165, 1.54) is 26.4 Å². The van der Waals surface area contributed by atoms with Crippen molar-refractivity contribution in [3.8, 4) is 17.2 Å². The van der Waals surface area contributed by atoms with Gasteiger partial charge in [-0.15, -0.1) is 0 Å². The van der Waals surface area contributed by atoms with Gasteiger partial charge in [-0.25, -0.2) is 4.39 Å². The standard InChI is InChI=1S/C21H21FN2O5/c1-20(2)17-13(22)7-6-8-14(17)23(3)21(20)10-9-12-15(29-21)11-16(27-4)18(24(25)26)19(12)28-5/h6-11H,1-5H3. The SMILES string of the molecule is COc1cc2c(c(OC)c1[N+](=O)[O-])C=CC1(O2)N(C)c2cccc(F)c2C1(C)C. The van der Waals surface area contributed by atoms with Crippen LogP contribution in [-0.4, -0.2) is 31.9 Å². The molecule has 2 aliphatic rings. The van der Waals surface area contributed by atoms with Gasteiger partial charge in [0.2, 0.25) is 17.2 Å². The Hall–Kier alpha value is -3.29. The van der Waals surface area contributed by atoms with Crippen LogP contribution in [0.4, 0.5) is 15.8 Å². The van der Waals surface area contributed by atoms with E-state index in [-0.39, 0.29) is 23.0 Å². The third-order valence-electron chi connectivity index (χ3n) is 5.94. The number of methoxy groups -OCH3 is 2. The summed E-state index contributed by atoms with van der Waals surface area (Å²) in [4.78, 5) is 12.9. The molecule has 2 heterocycles. The van der Waals surface area contributed by atoms with Crippen LogP contribution in [0, 0.1) is 15.9 Å². The Morgan fingerprint density at radius 1 is 1.24 bits per heavy atom. The van der Waals surface area contributed by atoms with Gasteiger partial charge in [-0.3, -0.25) is 10.1 Å². The van der Waals surface area contributed by atoms with Crippen LogP contribution in [0.15, 0.2) is 30.3 Å². The number of halogens is 1. The number of rotatable bonds is 3. The highest BCUT2D eigenvalue weighted by Gasteiger charge is 2.59. The Labute approximate surface area is 167 Å². The summed E-state index contributed by atoms with van der Waals surface area (Å²) >= 11 is 0. The second-order valence-corrected chi connectivity index (χ2v) is 7.58. The zero-order valence-electron chi connectivity index (χ0n) is 16.8. The minimum Gasteiger partial charge on any atom is -0.490 e. The Morgan fingerprint density at radius 2 is 1.97 bits per heavy atom. The average molecular weight is 400 g/mol. The molecule has 0 saturated heterocycles. The number of benzene rings is 2. The van der Waals surface area contributed by atoms with Crippen LogP contribution >= 0.6 is 0 Å². The molecule has 2 aliphatic heterocycles. The van der Waals surface area contributed by atoms with Gasteiger partial charge in [0.1, 0.15) is 11.6 Å². The summed E-state index contributed by atoms with van der Waals surface area (Å²) in [6, 6.07) is 6.42. The van der Waals surface area contributed by atoms with E-state index < -0.39 is 16.1 Å². The number of anilines is 1. The van der Waals surface area contributed by atoms with Crippen molar-refractivity contribution in [3.63, 3.8) is 0 Å². The molecule has 2 aromatic rings. The van der Waals surface area contributed by atoms with Crippen molar-refractivity contribution in [2.75, 3.05) is 26.2 Å². The van der Waals surface area contributed by atoms with Crippen LogP contribution in [0.2, 0.25) is 0 Å². The zero-order valence-corrected chi connectivity index (χ0v) is 16.8. The van der Waals surface area contributed by atoms with Gasteiger partial charge in [-0.2, -0.15) is 0 Å². The average Bonchev–Trinajstić information content (AvgIpc) is 2.85. The van der Waals surface area contributed by atoms with Gasteiger partial charge in [-0.1, -0.05) is 6.07 Å². The molecule has 1 atom stereocenters. The minimum atomic E-state index is -1.03. The molecule has 4 rings (SSSR count). The molecule has 0 fully saturated rings. The second kappa shape index (κ2) is 6.10. The van der Waals surface area contributed by atoms with E-state index in [1.54, 1.807) is 18.2 Å². The maximum atomic E-state index is 14.8. The number of nitro groups is 1. The molecule has 0 amide bonds. The van der Waals surface area contributed by atoms with Crippen molar-refractivity contribution in [2.45, 2.75) is 25.0 Å². The summed E-state index contributed by atoms with van der Waals surface area (Å²) in [6.07, 6.45) is 3.53. The molecule has 152 valence electrons. The van der Waals surface area contributed by atoms with Crippen LogP contribution < -0.4 is 19.1 Å². The fraction of sp³-hybridized carbons (Fsp3) is 0.333. The van der Waals surface area contributed by atoms with Crippen LogP contribution in [0.25, 0.3) is 6.08 Å². The Balaban J connectivity index is 1.94. The molecular weight excluding hydrogens is 379 g/mol. The number of ether oxygens (including phenoxy) is 3. The molecular formula is C21H21FN2O5. The van der Waals surface area contributed by atoms with Gasteiger partial charge in [-0.05, 0) is 38.1 Å². The molecule has 0 radical (unpaired) electrons. The molecule has 2 aromatic carbocycles. The first-order valence-corrected chi connectivity index (χ1v) is 9.04. The van der Waals surface area contributed by atoms with Crippen LogP contribution in [-0.2, 0) is 5.41 Å². The number of likely N-dealkylation sites (N-methyl/N-ethyl adjacent to an activating group) is 1. The first-order chi connectivity index (χ1) is 13.7. The topological polar surface area (TPSA) is 74.1 Å². The van der Waals surface area contributed by atoms with Crippen molar-refractivity contribution in [1.82, 2.24) is 0 Å².